The van der Waals surface area contributed by atoms with Crippen LogP contribution in [0.2, 0.25) is 0 Å². The number of carbonyl (C=O) groups is 1. The van der Waals surface area contributed by atoms with Gasteiger partial charge in [0.25, 0.3) is 0 Å². The van der Waals surface area contributed by atoms with E-state index >= 15 is 0 Å². The quantitative estimate of drug-likeness (QED) is 0.719. The van der Waals surface area contributed by atoms with Gasteiger partial charge in [-0.25, -0.2) is 0 Å². The molecule has 0 aliphatic heterocycles. The first-order valence-electron chi connectivity index (χ1n) is 6.95. The van der Waals surface area contributed by atoms with Crippen LogP contribution >= 0.6 is 0 Å². The zero-order valence-corrected chi connectivity index (χ0v) is 11.8. The minimum atomic E-state index is -0.698. The molecule has 106 valence electrons. The van der Waals surface area contributed by atoms with Gasteiger partial charge in [0.05, 0.1) is 5.92 Å². The molecule has 4 nitrogen and oxygen atoms in total. The molecule has 2 N–H and O–H groups in total. The monoisotopic (exact) mass is 264 g/mol. The minimum absolute atomic E-state index is 0.235. The summed E-state index contributed by atoms with van der Waals surface area (Å²) >= 11 is 0. The average molecular weight is 264 g/mol. The van der Waals surface area contributed by atoms with Gasteiger partial charge in [-0.3, -0.25) is 9.78 Å². The lowest BCUT2D eigenvalue weighted by molar-refractivity contribution is -0.141. The number of aliphatic carboxylic acids is 1. The molecule has 0 amide bonds. The molecule has 0 aliphatic rings. The van der Waals surface area contributed by atoms with Crippen molar-refractivity contribution >= 4 is 5.97 Å². The van der Waals surface area contributed by atoms with Gasteiger partial charge < -0.3 is 10.4 Å². The van der Waals surface area contributed by atoms with Gasteiger partial charge in [0.2, 0.25) is 0 Å². The predicted molar refractivity (Wildman–Crippen MR) is 76.1 cm³/mol. The number of rotatable bonds is 9. The second kappa shape index (κ2) is 8.64. The van der Waals surface area contributed by atoms with E-state index in [9.17, 15) is 4.79 Å². The molecular weight excluding hydrogens is 240 g/mol. The van der Waals surface area contributed by atoms with E-state index in [4.69, 9.17) is 5.11 Å². The van der Waals surface area contributed by atoms with Crippen molar-refractivity contribution in [1.82, 2.24) is 10.3 Å². The van der Waals surface area contributed by atoms with Gasteiger partial charge in [0.1, 0.15) is 0 Å². The number of carboxylic acids is 1. The van der Waals surface area contributed by atoms with Crippen molar-refractivity contribution in [2.45, 2.75) is 45.6 Å². The maximum Gasteiger partial charge on any atom is 0.306 e. The van der Waals surface area contributed by atoms with Gasteiger partial charge in [-0.2, -0.15) is 0 Å². The van der Waals surface area contributed by atoms with E-state index < -0.39 is 5.97 Å². The van der Waals surface area contributed by atoms with Crippen molar-refractivity contribution in [3.63, 3.8) is 0 Å². The van der Waals surface area contributed by atoms with Crippen LogP contribution in [0.1, 0.15) is 38.8 Å². The highest BCUT2D eigenvalue weighted by Gasteiger charge is 2.10. The maximum atomic E-state index is 10.7. The van der Waals surface area contributed by atoms with E-state index in [2.05, 4.69) is 17.2 Å². The Morgan fingerprint density at radius 2 is 2.16 bits per heavy atom. The summed E-state index contributed by atoms with van der Waals surface area (Å²) in [7, 11) is 0. The topological polar surface area (TPSA) is 62.2 Å². The molecule has 1 aromatic heterocycles. The molecule has 0 fully saturated rings. The highest BCUT2D eigenvalue weighted by atomic mass is 16.4. The molecule has 0 aliphatic carbocycles. The number of hydrogen-bond donors (Lipinski definition) is 2. The van der Waals surface area contributed by atoms with Crippen LogP contribution in [0.15, 0.2) is 24.4 Å². The lowest BCUT2D eigenvalue weighted by Gasteiger charge is -2.14. The molecule has 0 spiro atoms. The molecule has 2 unspecified atom stereocenters. The van der Waals surface area contributed by atoms with Crippen LogP contribution in [0.4, 0.5) is 0 Å². The zero-order chi connectivity index (χ0) is 14.1. The Kier molecular flexibility index (Phi) is 7.11. The standard InChI is InChI=1S/C15H24N2O2/c1-12(15(18)19)6-5-7-13(2)16-11-9-14-8-3-4-10-17-14/h3-4,8,10,12-13,16H,5-7,9,11H2,1-2H3,(H,18,19). The van der Waals surface area contributed by atoms with Crippen LogP contribution in [0.5, 0.6) is 0 Å². The number of pyridine rings is 1. The Labute approximate surface area is 115 Å². The molecule has 1 aromatic rings. The second-order valence-corrected chi connectivity index (χ2v) is 5.10. The maximum absolute atomic E-state index is 10.7. The number of carboxylic acid groups (broad SMARTS) is 1. The molecule has 1 heterocycles. The first-order chi connectivity index (χ1) is 9.09. The third kappa shape index (κ3) is 6.91. The highest BCUT2D eigenvalue weighted by Crippen LogP contribution is 2.09. The summed E-state index contributed by atoms with van der Waals surface area (Å²) in [5, 5.41) is 12.2. The lowest BCUT2D eigenvalue weighted by atomic mass is 10.0. The molecule has 0 radical (unpaired) electrons. The largest absolute Gasteiger partial charge is 0.481 e. The summed E-state index contributed by atoms with van der Waals surface area (Å²) in [4.78, 5) is 15.0. The van der Waals surface area contributed by atoms with Gasteiger partial charge in [0.15, 0.2) is 0 Å². The molecule has 0 saturated heterocycles. The van der Waals surface area contributed by atoms with Crippen molar-refractivity contribution in [3.05, 3.63) is 30.1 Å². The van der Waals surface area contributed by atoms with Gasteiger partial charge in [-0.05, 0) is 31.9 Å². The normalized spacial score (nSPS) is 14.0. The number of hydrogen-bond acceptors (Lipinski definition) is 3. The van der Waals surface area contributed by atoms with Gasteiger partial charge in [-0.1, -0.05) is 19.4 Å². The van der Waals surface area contributed by atoms with Crippen molar-refractivity contribution in [1.29, 1.82) is 0 Å². The molecule has 0 aromatic carbocycles. The fourth-order valence-electron chi connectivity index (χ4n) is 1.95. The highest BCUT2D eigenvalue weighted by molar-refractivity contribution is 5.69. The first-order valence-corrected chi connectivity index (χ1v) is 6.95. The van der Waals surface area contributed by atoms with Gasteiger partial charge >= 0.3 is 5.97 Å². The van der Waals surface area contributed by atoms with Crippen molar-refractivity contribution in [2.24, 2.45) is 5.92 Å². The van der Waals surface area contributed by atoms with E-state index in [1.54, 1.807) is 6.92 Å². The molecular formula is C15H24N2O2. The molecule has 0 saturated carbocycles. The summed E-state index contributed by atoms with van der Waals surface area (Å²) in [6, 6.07) is 6.37. The minimum Gasteiger partial charge on any atom is -0.481 e. The first kappa shape index (κ1) is 15.6. The zero-order valence-electron chi connectivity index (χ0n) is 11.8. The average Bonchev–Trinajstić information content (AvgIpc) is 2.39. The Morgan fingerprint density at radius 1 is 1.37 bits per heavy atom. The van der Waals surface area contributed by atoms with Crippen LogP contribution in [-0.4, -0.2) is 28.6 Å². The number of nitrogens with zero attached hydrogens (tertiary/aromatic N) is 1. The van der Waals surface area contributed by atoms with Crippen LogP contribution in [0.25, 0.3) is 0 Å². The lowest BCUT2D eigenvalue weighted by Crippen LogP contribution is -2.28. The van der Waals surface area contributed by atoms with E-state index in [0.717, 1.165) is 37.9 Å². The third-order valence-electron chi connectivity index (χ3n) is 3.30. The van der Waals surface area contributed by atoms with Crippen LogP contribution < -0.4 is 5.32 Å². The summed E-state index contributed by atoms with van der Waals surface area (Å²) in [6.07, 6.45) is 5.45. The molecule has 2 atom stereocenters. The van der Waals surface area contributed by atoms with Gasteiger partial charge in [-0.15, -0.1) is 0 Å². The van der Waals surface area contributed by atoms with E-state index in [1.165, 1.54) is 0 Å². The SMILES string of the molecule is CC(CCCC(C)C(=O)O)NCCc1ccccn1. The summed E-state index contributed by atoms with van der Waals surface area (Å²) in [6.45, 7) is 4.82. The van der Waals surface area contributed by atoms with E-state index in [1.807, 2.05) is 24.4 Å². The van der Waals surface area contributed by atoms with E-state index in [-0.39, 0.29) is 5.92 Å². The fraction of sp³-hybridized carbons (Fsp3) is 0.600. The predicted octanol–water partition coefficient (Wildman–Crippen LogP) is 2.49. The van der Waals surface area contributed by atoms with Crippen LogP contribution in [0, 0.1) is 5.92 Å². The van der Waals surface area contributed by atoms with Crippen molar-refractivity contribution < 1.29 is 9.90 Å². The summed E-state index contributed by atoms with van der Waals surface area (Å²) in [5.74, 6) is -0.934. The molecule has 4 heteroatoms. The Morgan fingerprint density at radius 3 is 2.79 bits per heavy atom. The Bertz CT molecular complexity index is 368. The Balaban J connectivity index is 2.08. The molecule has 0 bridgehead atoms. The molecule has 1 rings (SSSR count). The number of nitrogens with one attached hydrogen (secondary N) is 1. The molecule has 19 heavy (non-hydrogen) atoms. The van der Waals surface area contributed by atoms with Crippen molar-refractivity contribution in [2.75, 3.05) is 6.54 Å². The summed E-state index contributed by atoms with van der Waals surface area (Å²) < 4.78 is 0. The van der Waals surface area contributed by atoms with Crippen molar-refractivity contribution in [3.8, 4) is 0 Å². The fourth-order valence-corrected chi connectivity index (χ4v) is 1.95. The van der Waals surface area contributed by atoms with Crippen LogP contribution in [-0.2, 0) is 11.2 Å². The van der Waals surface area contributed by atoms with E-state index in [0.29, 0.717) is 6.04 Å². The smallest absolute Gasteiger partial charge is 0.306 e. The Hall–Kier alpha value is -1.42. The van der Waals surface area contributed by atoms with Gasteiger partial charge in [0, 0.05) is 30.9 Å². The third-order valence-corrected chi connectivity index (χ3v) is 3.30. The summed E-state index contributed by atoms with van der Waals surface area (Å²) in [5.41, 5.74) is 1.10. The second-order valence-electron chi connectivity index (χ2n) is 5.10. The number of aromatic nitrogens is 1. The van der Waals surface area contributed by atoms with Crippen LogP contribution in [0.3, 0.4) is 0 Å².